The number of nitrogen functional groups attached to an aromatic ring is 1. The van der Waals surface area contributed by atoms with Gasteiger partial charge in [0.15, 0.2) is 42.1 Å². The summed E-state index contributed by atoms with van der Waals surface area (Å²) in [6.45, 7) is -1.38. The van der Waals surface area contributed by atoms with Crippen LogP contribution in [0.2, 0.25) is 0 Å². The van der Waals surface area contributed by atoms with Crippen LogP contribution in [0.25, 0.3) is 11.2 Å². The summed E-state index contributed by atoms with van der Waals surface area (Å²) in [7, 11) is -2.98. The number of anilines is 1. The highest BCUT2D eigenvalue weighted by molar-refractivity contribution is 8.08. The van der Waals surface area contributed by atoms with Crippen molar-refractivity contribution in [2.45, 2.75) is 96.0 Å². The number of ether oxygens (including phenoxy) is 9. The first-order valence-corrected chi connectivity index (χ1v) is 20.6. The fraction of sp³-hybridized carbons (Fsp3) is 0.655. The SMILES string of the molecule is COC1C(OC)[C@@H](COP(O)(=S)OP(=O)(O)O[C@@H]2OC([C@@H](COC(C)=O)OC(C)=O)[C@@H](OC(C)=O)C(OC(C)=O)C2OC(C)=O)O[C@H]1n1cnc2c(N)ncnc21. The largest absolute Gasteiger partial charge is 0.481 e. The van der Waals surface area contributed by atoms with Gasteiger partial charge in [-0.2, -0.15) is 0 Å². The van der Waals surface area contributed by atoms with E-state index < -0.39 is 119 Å². The van der Waals surface area contributed by atoms with Gasteiger partial charge >= 0.3 is 44.4 Å². The van der Waals surface area contributed by atoms with Crippen molar-refractivity contribution in [1.82, 2.24) is 19.5 Å². The normalized spacial score (nSPS) is 28.7. The van der Waals surface area contributed by atoms with Crippen LogP contribution in [-0.2, 0) is 96.3 Å². The first kappa shape index (κ1) is 45.9. The molecule has 57 heavy (non-hydrogen) atoms. The van der Waals surface area contributed by atoms with E-state index in [0.717, 1.165) is 34.6 Å². The van der Waals surface area contributed by atoms with Gasteiger partial charge in [-0.1, -0.05) is 0 Å². The van der Waals surface area contributed by atoms with E-state index in [1.165, 1.54) is 31.4 Å². The molecule has 0 radical (unpaired) electrons. The van der Waals surface area contributed by atoms with Gasteiger partial charge in [0.2, 0.25) is 6.29 Å². The Morgan fingerprint density at radius 1 is 0.860 bits per heavy atom. The number of carbonyl (C=O) groups excluding carboxylic acids is 5. The number of hydrogen-bond donors (Lipinski definition) is 3. The molecule has 2 aromatic heterocycles. The second kappa shape index (κ2) is 19.3. The first-order valence-electron chi connectivity index (χ1n) is 16.5. The van der Waals surface area contributed by atoms with Crippen molar-refractivity contribution in [3.63, 3.8) is 0 Å². The number of nitrogens with two attached hydrogens (primary N) is 1. The highest BCUT2D eigenvalue weighted by atomic mass is 32.5. The Bertz CT molecular complexity index is 1900. The van der Waals surface area contributed by atoms with Gasteiger partial charge in [-0.05, 0) is 11.8 Å². The van der Waals surface area contributed by atoms with Gasteiger partial charge < -0.3 is 62.7 Å². The van der Waals surface area contributed by atoms with Gasteiger partial charge in [-0.25, -0.2) is 23.8 Å². The van der Waals surface area contributed by atoms with E-state index in [-0.39, 0.29) is 11.3 Å². The Hall–Kier alpha value is -3.78. The standard InChI is InChI=1S/C29H41N5O20P2S/c1-12(35)45-8-17(47-13(2)36)21-22(48-14(3)37)23(49-15(4)38)25(50-16(5)39)29(52-21)53-55(40,41)54-56(42,57)46-9-18-20(43-6)24(44-7)28(51-18)34-11-33-19-26(30)31-10-32-27(19)34/h10-11,17-18,20-25,28-29H,8-9H2,1-7H3,(H,40,41)(H,42,57)(H2,30,31,32)/t17-,18-,20?,21?,22-,23?,24?,25?,28-,29+,56?/m1/s1. The molecular formula is C29H41N5O20P2S. The number of nitrogens with zero attached hydrogens (tertiary/aromatic N) is 4. The summed E-state index contributed by atoms with van der Waals surface area (Å²) in [4.78, 5) is 94.7. The molecule has 25 nitrogen and oxygen atoms in total. The summed E-state index contributed by atoms with van der Waals surface area (Å²) in [5, 5.41) is 0. The molecule has 4 rings (SSSR count). The molecule has 4 heterocycles. The lowest BCUT2D eigenvalue weighted by molar-refractivity contribution is -0.301. The number of carbonyl (C=O) groups is 5. The number of phosphoric acid groups is 1. The molecule has 0 aromatic carbocycles. The monoisotopic (exact) mass is 873 g/mol. The number of hydrogen-bond acceptors (Lipinski definition) is 23. The summed E-state index contributed by atoms with van der Waals surface area (Å²) >= 11 is 5.01. The van der Waals surface area contributed by atoms with Gasteiger partial charge in [-0.3, -0.25) is 33.1 Å². The second-order valence-electron chi connectivity index (χ2n) is 12.1. The molecule has 0 amide bonds. The lowest BCUT2D eigenvalue weighted by Crippen LogP contribution is -2.65. The van der Waals surface area contributed by atoms with E-state index in [2.05, 4.69) is 15.0 Å². The molecule has 2 aliphatic rings. The predicted octanol–water partition coefficient (Wildman–Crippen LogP) is -0.282. The third-order valence-corrected chi connectivity index (χ3v) is 11.4. The van der Waals surface area contributed by atoms with Crippen molar-refractivity contribution in [3.8, 4) is 0 Å². The average Bonchev–Trinajstić information content (AvgIpc) is 3.68. The van der Waals surface area contributed by atoms with Crippen LogP contribution in [0.4, 0.5) is 5.82 Å². The minimum Gasteiger partial charge on any atom is -0.462 e. The van der Waals surface area contributed by atoms with Gasteiger partial charge in [0.05, 0.1) is 12.9 Å². The number of esters is 5. The van der Waals surface area contributed by atoms with Crippen molar-refractivity contribution in [2.75, 3.05) is 33.2 Å². The molecule has 2 fully saturated rings. The van der Waals surface area contributed by atoms with Crippen LogP contribution >= 0.6 is 14.5 Å². The predicted molar refractivity (Wildman–Crippen MR) is 187 cm³/mol. The quantitative estimate of drug-likeness (QED) is 0.104. The Morgan fingerprint density at radius 2 is 1.47 bits per heavy atom. The summed E-state index contributed by atoms with van der Waals surface area (Å²) in [6, 6.07) is 0. The smallest absolute Gasteiger partial charge is 0.462 e. The van der Waals surface area contributed by atoms with Crippen LogP contribution in [0, 0.1) is 0 Å². The van der Waals surface area contributed by atoms with Crippen molar-refractivity contribution < 1.29 is 94.3 Å². The topological polar surface area (TPSA) is 323 Å². The Morgan fingerprint density at radius 3 is 2.05 bits per heavy atom. The summed E-state index contributed by atoms with van der Waals surface area (Å²) < 4.78 is 79.6. The Labute approximate surface area is 328 Å². The number of phosphoric ester groups is 1. The molecule has 0 bridgehead atoms. The molecular weight excluding hydrogens is 832 g/mol. The maximum atomic E-state index is 13.5. The molecule has 28 heteroatoms. The van der Waals surface area contributed by atoms with Crippen LogP contribution in [-0.4, -0.2) is 142 Å². The second-order valence-corrected chi connectivity index (χ2v) is 16.5. The molecule has 12 atom stereocenters. The minimum absolute atomic E-state index is 0.105. The van der Waals surface area contributed by atoms with Crippen LogP contribution < -0.4 is 5.73 Å². The van der Waals surface area contributed by atoms with E-state index in [0.29, 0.717) is 5.65 Å². The molecule has 318 valence electrons. The van der Waals surface area contributed by atoms with Crippen molar-refractivity contribution in [1.29, 1.82) is 0 Å². The molecule has 0 aliphatic carbocycles. The van der Waals surface area contributed by atoms with Crippen LogP contribution in [0.5, 0.6) is 0 Å². The number of fused-ring (bicyclic) bond motifs is 1. The van der Waals surface area contributed by atoms with E-state index in [1.807, 2.05) is 0 Å². The van der Waals surface area contributed by atoms with E-state index >= 15 is 0 Å². The lowest BCUT2D eigenvalue weighted by atomic mass is 9.94. The zero-order valence-corrected chi connectivity index (χ0v) is 33.9. The van der Waals surface area contributed by atoms with Crippen LogP contribution in [0.15, 0.2) is 12.7 Å². The van der Waals surface area contributed by atoms with Gasteiger partial charge in [0.25, 0.3) is 0 Å². The molecule has 0 saturated carbocycles. The van der Waals surface area contributed by atoms with Gasteiger partial charge in [0, 0.05) is 48.8 Å². The molecule has 7 unspecified atom stereocenters. The molecule has 2 saturated heterocycles. The van der Waals surface area contributed by atoms with E-state index in [9.17, 15) is 38.3 Å². The van der Waals surface area contributed by atoms with E-state index in [1.54, 1.807) is 0 Å². The van der Waals surface area contributed by atoms with Crippen molar-refractivity contribution >= 4 is 73.2 Å². The average molecular weight is 874 g/mol. The summed E-state index contributed by atoms with van der Waals surface area (Å²) in [5.74, 6) is -4.82. The fourth-order valence-electron chi connectivity index (χ4n) is 5.93. The maximum Gasteiger partial charge on any atom is 0.481 e. The van der Waals surface area contributed by atoms with Crippen molar-refractivity contribution in [3.05, 3.63) is 12.7 Å². The van der Waals surface area contributed by atoms with Crippen LogP contribution in [0.1, 0.15) is 40.8 Å². The number of imidazole rings is 1. The molecule has 4 N–H and O–H groups in total. The molecule has 0 spiro atoms. The van der Waals surface area contributed by atoms with Gasteiger partial charge in [0.1, 0.15) is 42.9 Å². The number of methoxy groups -OCH3 is 2. The lowest BCUT2D eigenvalue weighted by Gasteiger charge is -2.45. The summed E-state index contributed by atoms with van der Waals surface area (Å²) in [6.07, 6.45) is -12.7. The van der Waals surface area contributed by atoms with Crippen molar-refractivity contribution in [2.24, 2.45) is 0 Å². The number of aromatic nitrogens is 4. The van der Waals surface area contributed by atoms with Crippen LogP contribution in [0.3, 0.4) is 0 Å². The fourth-order valence-corrected chi connectivity index (χ4v) is 9.02. The zero-order chi connectivity index (χ0) is 42.4. The Balaban J connectivity index is 1.59. The third kappa shape index (κ3) is 11.9. The highest BCUT2D eigenvalue weighted by Gasteiger charge is 2.57. The van der Waals surface area contributed by atoms with Gasteiger partial charge in [-0.15, -0.1) is 0 Å². The minimum atomic E-state index is -5.69. The number of rotatable bonds is 17. The first-order chi connectivity index (χ1) is 26.7. The highest BCUT2D eigenvalue weighted by Crippen LogP contribution is 2.62. The van der Waals surface area contributed by atoms with E-state index in [4.69, 9.17) is 73.5 Å². The zero-order valence-electron chi connectivity index (χ0n) is 31.3. The third-order valence-electron chi connectivity index (χ3n) is 7.91. The molecule has 2 aromatic rings. The molecule has 2 aliphatic heterocycles. The summed E-state index contributed by atoms with van der Waals surface area (Å²) in [5.41, 5.74) is 6.48. The maximum absolute atomic E-state index is 13.5. The Kier molecular flexibility index (Phi) is 15.6.